The van der Waals surface area contributed by atoms with Gasteiger partial charge in [0.1, 0.15) is 10.1 Å². The number of benzene rings is 1. The Morgan fingerprint density at radius 2 is 2.26 bits per heavy atom. The molecule has 1 aliphatic rings. The summed E-state index contributed by atoms with van der Waals surface area (Å²) < 4.78 is 7.07. The number of hydrogen-bond donors (Lipinski definition) is 0. The van der Waals surface area contributed by atoms with Gasteiger partial charge in [-0.1, -0.05) is 39.9 Å². The molecular weight excluding hydrogens is 346 g/mol. The molecule has 19 heavy (non-hydrogen) atoms. The SMILES string of the molecule is CCOc1ccc(Br)cc1/C=C1\SC(=S)N(C)C1=O. The zero-order valence-corrected chi connectivity index (χ0v) is 13.7. The summed E-state index contributed by atoms with van der Waals surface area (Å²) in [4.78, 5) is 14.1. The van der Waals surface area contributed by atoms with Gasteiger partial charge in [0, 0.05) is 17.1 Å². The highest BCUT2D eigenvalue weighted by Gasteiger charge is 2.28. The van der Waals surface area contributed by atoms with Gasteiger partial charge >= 0.3 is 0 Å². The average Bonchev–Trinajstić information content (AvgIpc) is 2.61. The molecule has 0 bridgehead atoms. The Bertz CT molecular complexity index is 572. The number of carbonyl (C=O) groups is 1. The van der Waals surface area contributed by atoms with Gasteiger partial charge in [0.25, 0.3) is 5.91 Å². The van der Waals surface area contributed by atoms with Crippen LogP contribution in [0, 0.1) is 0 Å². The minimum Gasteiger partial charge on any atom is -0.493 e. The molecule has 3 nitrogen and oxygen atoms in total. The number of thiocarbonyl (C=S) groups is 1. The summed E-state index contributed by atoms with van der Waals surface area (Å²) in [6, 6.07) is 5.71. The summed E-state index contributed by atoms with van der Waals surface area (Å²) in [6.07, 6.45) is 1.82. The van der Waals surface area contributed by atoms with Gasteiger partial charge < -0.3 is 4.74 Å². The van der Waals surface area contributed by atoms with E-state index in [1.54, 1.807) is 7.05 Å². The second kappa shape index (κ2) is 6.07. The highest BCUT2D eigenvalue weighted by atomic mass is 79.9. The Hall–Kier alpha value is -0.850. The van der Waals surface area contributed by atoms with Gasteiger partial charge in [0.15, 0.2) is 0 Å². The largest absolute Gasteiger partial charge is 0.493 e. The lowest BCUT2D eigenvalue weighted by Gasteiger charge is -2.08. The molecule has 6 heteroatoms. The van der Waals surface area contributed by atoms with E-state index in [2.05, 4.69) is 15.9 Å². The van der Waals surface area contributed by atoms with E-state index >= 15 is 0 Å². The van der Waals surface area contributed by atoms with E-state index in [-0.39, 0.29) is 5.91 Å². The second-order valence-corrected chi connectivity index (χ2v) is 6.45. The van der Waals surface area contributed by atoms with Crippen molar-refractivity contribution < 1.29 is 9.53 Å². The van der Waals surface area contributed by atoms with Gasteiger partial charge in [0.2, 0.25) is 0 Å². The van der Waals surface area contributed by atoms with Gasteiger partial charge in [-0.05, 0) is 31.2 Å². The molecule has 1 aromatic rings. The van der Waals surface area contributed by atoms with Crippen molar-refractivity contribution >= 4 is 56.2 Å². The average molecular weight is 358 g/mol. The maximum absolute atomic E-state index is 12.0. The third-order valence-corrected chi connectivity index (χ3v) is 4.52. The molecule has 0 aliphatic carbocycles. The van der Waals surface area contributed by atoms with E-state index < -0.39 is 0 Å². The van der Waals surface area contributed by atoms with Crippen LogP contribution in [0.15, 0.2) is 27.6 Å². The fourth-order valence-electron chi connectivity index (χ4n) is 1.61. The number of halogens is 1. The Balaban J connectivity index is 2.40. The van der Waals surface area contributed by atoms with Crippen molar-refractivity contribution in [3.8, 4) is 5.75 Å². The van der Waals surface area contributed by atoms with E-state index in [0.717, 1.165) is 15.8 Å². The first-order valence-electron chi connectivity index (χ1n) is 5.67. The first-order chi connectivity index (χ1) is 9.02. The second-order valence-electron chi connectivity index (χ2n) is 3.86. The lowest BCUT2D eigenvalue weighted by Crippen LogP contribution is -2.22. The van der Waals surface area contributed by atoms with E-state index in [1.807, 2.05) is 31.2 Å². The van der Waals surface area contributed by atoms with Crippen LogP contribution in [0.5, 0.6) is 5.75 Å². The van der Waals surface area contributed by atoms with Crippen LogP contribution in [0.4, 0.5) is 0 Å². The number of nitrogens with zero attached hydrogens (tertiary/aromatic N) is 1. The number of amides is 1. The molecule has 1 fully saturated rings. The Morgan fingerprint density at radius 1 is 1.53 bits per heavy atom. The molecule has 1 amide bonds. The molecule has 0 atom stereocenters. The molecule has 1 saturated heterocycles. The molecule has 1 aromatic carbocycles. The number of thioether (sulfide) groups is 1. The number of likely N-dealkylation sites (N-methyl/N-ethyl adjacent to an activating group) is 1. The first kappa shape index (κ1) is 14.6. The van der Waals surface area contributed by atoms with Crippen molar-refractivity contribution in [1.82, 2.24) is 4.90 Å². The van der Waals surface area contributed by atoms with Crippen LogP contribution >= 0.6 is 39.9 Å². The van der Waals surface area contributed by atoms with Crippen molar-refractivity contribution in [3.63, 3.8) is 0 Å². The lowest BCUT2D eigenvalue weighted by molar-refractivity contribution is -0.121. The van der Waals surface area contributed by atoms with Crippen LogP contribution in [0.25, 0.3) is 6.08 Å². The van der Waals surface area contributed by atoms with Gasteiger partial charge in [0.05, 0.1) is 11.5 Å². The number of rotatable bonds is 3. The molecule has 1 heterocycles. The molecule has 0 N–H and O–H groups in total. The van der Waals surface area contributed by atoms with Crippen molar-refractivity contribution in [2.45, 2.75) is 6.92 Å². The smallest absolute Gasteiger partial charge is 0.265 e. The maximum Gasteiger partial charge on any atom is 0.265 e. The standard InChI is InChI=1S/C13H12BrNO2S2/c1-3-17-10-5-4-9(14)6-8(10)7-11-12(16)15(2)13(18)19-11/h4-7H,3H2,1-2H3/b11-7-. The highest BCUT2D eigenvalue weighted by Crippen LogP contribution is 2.34. The van der Waals surface area contributed by atoms with Crippen molar-refractivity contribution in [3.05, 3.63) is 33.1 Å². The van der Waals surface area contributed by atoms with Gasteiger partial charge in [-0.2, -0.15) is 0 Å². The van der Waals surface area contributed by atoms with Crippen LogP contribution in [0.1, 0.15) is 12.5 Å². The van der Waals surface area contributed by atoms with Crippen LogP contribution in [0.2, 0.25) is 0 Å². The maximum atomic E-state index is 12.0. The van der Waals surface area contributed by atoms with Crippen LogP contribution < -0.4 is 4.74 Å². The molecule has 0 radical (unpaired) electrons. The van der Waals surface area contributed by atoms with Crippen molar-refractivity contribution in [2.75, 3.05) is 13.7 Å². The summed E-state index contributed by atoms with van der Waals surface area (Å²) in [5, 5.41) is 0. The summed E-state index contributed by atoms with van der Waals surface area (Å²) in [5.74, 6) is 0.685. The minimum absolute atomic E-state index is 0.0718. The number of hydrogen-bond acceptors (Lipinski definition) is 4. The molecule has 1 aliphatic heterocycles. The predicted molar refractivity (Wildman–Crippen MR) is 86.2 cm³/mol. The van der Waals surface area contributed by atoms with Crippen LogP contribution in [-0.4, -0.2) is 28.8 Å². The Morgan fingerprint density at radius 3 is 2.84 bits per heavy atom. The quantitative estimate of drug-likeness (QED) is 0.609. The van der Waals surface area contributed by atoms with E-state index in [0.29, 0.717) is 15.8 Å². The highest BCUT2D eigenvalue weighted by molar-refractivity contribution is 9.10. The summed E-state index contributed by atoms with van der Waals surface area (Å²) in [6.45, 7) is 2.51. The molecule has 0 spiro atoms. The number of ether oxygens (including phenoxy) is 1. The minimum atomic E-state index is -0.0718. The topological polar surface area (TPSA) is 29.5 Å². The first-order valence-corrected chi connectivity index (χ1v) is 7.68. The normalized spacial score (nSPS) is 17.4. The zero-order valence-electron chi connectivity index (χ0n) is 10.5. The third-order valence-electron chi connectivity index (χ3n) is 2.54. The molecule has 0 saturated carbocycles. The van der Waals surface area contributed by atoms with Gasteiger partial charge in [-0.3, -0.25) is 9.69 Å². The fraction of sp³-hybridized carbons (Fsp3) is 0.231. The predicted octanol–water partition coefficient (Wildman–Crippen LogP) is 3.68. The van der Waals surface area contributed by atoms with Gasteiger partial charge in [-0.25, -0.2) is 0 Å². The number of carbonyl (C=O) groups excluding carboxylic acids is 1. The Kier molecular flexibility index (Phi) is 4.65. The Labute approximate surface area is 130 Å². The van der Waals surface area contributed by atoms with E-state index in [1.165, 1.54) is 16.7 Å². The van der Waals surface area contributed by atoms with E-state index in [4.69, 9.17) is 17.0 Å². The van der Waals surface area contributed by atoms with Crippen molar-refractivity contribution in [2.24, 2.45) is 0 Å². The summed E-state index contributed by atoms with van der Waals surface area (Å²) in [5.41, 5.74) is 0.866. The molecule has 100 valence electrons. The zero-order chi connectivity index (χ0) is 14.0. The molecule has 0 aromatic heterocycles. The van der Waals surface area contributed by atoms with Crippen molar-refractivity contribution in [1.29, 1.82) is 0 Å². The van der Waals surface area contributed by atoms with Crippen LogP contribution in [0.3, 0.4) is 0 Å². The molecule has 2 rings (SSSR count). The molecule has 0 unspecified atom stereocenters. The fourth-order valence-corrected chi connectivity index (χ4v) is 3.16. The van der Waals surface area contributed by atoms with Crippen LogP contribution in [-0.2, 0) is 4.79 Å². The monoisotopic (exact) mass is 357 g/mol. The lowest BCUT2D eigenvalue weighted by atomic mass is 10.2. The summed E-state index contributed by atoms with van der Waals surface area (Å²) >= 11 is 9.84. The third kappa shape index (κ3) is 3.19. The van der Waals surface area contributed by atoms with Gasteiger partial charge in [-0.15, -0.1) is 0 Å². The van der Waals surface area contributed by atoms with E-state index in [9.17, 15) is 4.79 Å². The summed E-state index contributed by atoms with van der Waals surface area (Å²) in [7, 11) is 1.68. The molecular formula is C13H12BrNO2S2.